The Labute approximate surface area is 134 Å². The number of para-hydroxylation sites is 1. The van der Waals surface area contributed by atoms with E-state index >= 15 is 0 Å². The highest BCUT2D eigenvalue weighted by atomic mass is 35.5. The van der Waals surface area contributed by atoms with Crippen LogP contribution in [0.4, 0.5) is 0 Å². The molecule has 0 radical (unpaired) electrons. The summed E-state index contributed by atoms with van der Waals surface area (Å²) in [5.41, 5.74) is 7.97. The molecule has 2 rings (SSSR count). The van der Waals surface area contributed by atoms with Gasteiger partial charge in [-0.2, -0.15) is 0 Å². The van der Waals surface area contributed by atoms with Crippen LogP contribution in [0.15, 0.2) is 42.5 Å². The van der Waals surface area contributed by atoms with Crippen molar-refractivity contribution in [2.75, 3.05) is 20.3 Å². The number of rotatable bonds is 6. The van der Waals surface area contributed by atoms with Crippen LogP contribution in [0.3, 0.4) is 0 Å². The van der Waals surface area contributed by atoms with Crippen LogP contribution in [0.1, 0.15) is 17.2 Å². The van der Waals surface area contributed by atoms with Crippen LogP contribution in [0, 0.1) is 0 Å². The third kappa shape index (κ3) is 3.89. The predicted octanol–water partition coefficient (Wildman–Crippen LogP) is 4.07. The van der Waals surface area contributed by atoms with Gasteiger partial charge in [0, 0.05) is 12.7 Å². The van der Waals surface area contributed by atoms with E-state index in [9.17, 15) is 0 Å². The molecule has 0 bridgehead atoms. The maximum Gasteiger partial charge on any atom is 0.124 e. The van der Waals surface area contributed by atoms with Gasteiger partial charge in [-0.25, -0.2) is 0 Å². The molecule has 0 aliphatic heterocycles. The molecule has 3 nitrogen and oxygen atoms in total. The number of hydrogen-bond acceptors (Lipinski definition) is 3. The summed E-state index contributed by atoms with van der Waals surface area (Å²) in [5, 5.41) is 0.959. The third-order valence-corrected chi connectivity index (χ3v) is 3.95. The van der Waals surface area contributed by atoms with Crippen LogP contribution in [0.25, 0.3) is 0 Å². The van der Waals surface area contributed by atoms with Crippen LogP contribution >= 0.6 is 23.2 Å². The zero-order chi connectivity index (χ0) is 15.2. The number of methoxy groups -OCH3 is 1. The summed E-state index contributed by atoms with van der Waals surface area (Å²) in [6.45, 7) is 0.977. The number of halogens is 2. The second kappa shape index (κ2) is 7.66. The molecule has 0 spiro atoms. The number of benzene rings is 2. The summed E-state index contributed by atoms with van der Waals surface area (Å²) in [6.07, 6.45) is 0. The quantitative estimate of drug-likeness (QED) is 0.814. The molecule has 0 aromatic heterocycles. The lowest BCUT2D eigenvalue weighted by atomic mass is 9.98. The molecule has 0 saturated carbocycles. The van der Waals surface area contributed by atoms with E-state index in [4.69, 9.17) is 38.4 Å². The van der Waals surface area contributed by atoms with Crippen molar-refractivity contribution in [2.45, 2.75) is 6.04 Å². The van der Waals surface area contributed by atoms with Crippen molar-refractivity contribution in [1.29, 1.82) is 0 Å². The van der Waals surface area contributed by atoms with Gasteiger partial charge in [-0.15, -0.1) is 0 Å². The molecule has 2 aromatic carbocycles. The summed E-state index contributed by atoms with van der Waals surface area (Å²) >= 11 is 12.3. The first-order valence-corrected chi connectivity index (χ1v) is 7.31. The van der Waals surface area contributed by atoms with Gasteiger partial charge in [0.05, 0.1) is 22.7 Å². The highest BCUT2D eigenvalue weighted by Gasteiger charge is 2.17. The maximum absolute atomic E-state index is 6.34. The Bertz CT molecular complexity index is 605. The fourth-order valence-corrected chi connectivity index (χ4v) is 2.46. The van der Waals surface area contributed by atoms with E-state index in [2.05, 4.69) is 0 Å². The fourth-order valence-electron chi connectivity index (χ4n) is 2.03. The zero-order valence-electron chi connectivity index (χ0n) is 11.7. The lowest BCUT2D eigenvalue weighted by Crippen LogP contribution is -2.15. The number of nitrogens with two attached hydrogens (primary N) is 1. The molecular formula is C16H17Cl2NO2. The van der Waals surface area contributed by atoms with Crippen molar-refractivity contribution in [3.05, 3.63) is 63.6 Å². The predicted molar refractivity (Wildman–Crippen MR) is 86.3 cm³/mol. The van der Waals surface area contributed by atoms with Gasteiger partial charge in [0.1, 0.15) is 12.4 Å². The van der Waals surface area contributed by atoms with Crippen molar-refractivity contribution in [3.8, 4) is 5.75 Å². The lowest BCUT2D eigenvalue weighted by Gasteiger charge is -2.18. The van der Waals surface area contributed by atoms with E-state index in [0.717, 1.165) is 16.9 Å². The van der Waals surface area contributed by atoms with Gasteiger partial charge in [-0.05, 0) is 17.7 Å². The molecule has 2 N–H and O–H groups in total. The van der Waals surface area contributed by atoms with Crippen LogP contribution in [0.2, 0.25) is 10.0 Å². The van der Waals surface area contributed by atoms with E-state index in [1.807, 2.05) is 36.4 Å². The molecule has 1 unspecified atom stereocenters. The Hall–Kier alpha value is -1.26. The minimum atomic E-state index is -0.407. The summed E-state index contributed by atoms with van der Waals surface area (Å²) in [4.78, 5) is 0. The van der Waals surface area contributed by atoms with E-state index in [0.29, 0.717) is 23.3 Å². The van der Waals surface area contributed by atoms with Crippen molar-refractivity contribution in [1.82, 2.24) is 0 Å². The molecule has 0 heterocycles. The normalized spacial score (nSPS) is 12.2. The molecule has 0 aliphatic rings. The van der Waals surface area contributed by atoms with Crippen LogP contribution in [-0.2, 0) is 4.74 Å². The van der Waals surface area contributed by atoms with Gasteiger partial charge in [0.2, 0.25) is 0 Å². The highest BCUT2D eigenvalue weighted by Crippen LogP contribution is 2.35. The summed E-state index contributed by atoms with van der Waals surface area (Å²) in [6, 6.07) is 12.6. The van der Waals surface area contributed by atoms with Crippen LogP contribution in [0.5, 0.6) is 5.75 Å². The van der Waals surface area contributed by atoms with Gasteiger partial charge < -0.3 is 15.2 Å². The largest absolute Gasteiger partial charge is 0.491 e. The van der Waals surface area contributed by atoms with Crippen molar-refractivity contribution in [3.63, 3.8) is 0 Å². The average Bonchev–Trinajstić information content (AvgIpc) is 2.50. The van der Waals surface area contributed by atoms with Crippen molar-refractivity contribution >= 4 is 23.2 Å². The Morgan fingerprint density at radius 1 is 1.00 bits per heavy atom. The number of ether oxygens (including phenoxy) is 2. The van der Waals surface area contributed by atoms with Gasteiger partial charge in [-0.1, -0.05) is 53.5 Å². The molecule has 0 aliphatic carbocycles. The standard InChI is InChI=1S/C16H17Cl2NO2/c1-20-9-10-21-14-8-3-2-5-11(14)16(19)12-6-4-7-13(17)15(12)18/h2-8,16H,9-10,19H2,1H3. The summed E-state index contributed by atoms with van der Waals surface area (Å²) in [5.74, 6) is 0.720. The average molecular weight is 326 g/mol. The van der Waals surface area contributed by atoms with E-state index < -0.39 is 6.04 Å². The summed E-state index contributed by atoms with van der Waals surface area (Å²) < 4.78 is 10.7. The third-order valence-electron chi connectivity index (χ3n) is 3.12. The Kier molecular flexibility index (Phi) is 5.88. The second-order valence-electron chi connectivity index (χ2n) is 4.50. The van der Waals surface area contributed by atoms with Crippen molar-refractivity contribution in [2.24, 2.45) is 5.73 Å². The Morgan fingerprint density at radius 2 is 1.71 bits per heavy atom. The minimum absolute atomic E-state index is 0.407. The van der Waals surface area contributed by atoms with Crippen LogP contribution < -0.4 is 10.5 Å². The molecule has 1 atom stereocenters. The van der Waals surface area contributed by atoms with Gasteiger partial charge in [0.25, 0.3) is 0 Å². The minimum Gasteiger partial charge on any atom is -0.491 e. The smallest absolute Gasteiger partial charge is 0.124 e. The Balaban J connectivity index is 2.30. The van der Waals surface area contributed by atoms with E-state index in [1.54, 1.807) is 13.2 Å². The maximum atomic E-state index is 6.34. The molecule has 2 aromatic rings. The first-order valence-electron chi connectivity index (χ1n) is 6.55. The Morgan fingerprint density at radius 3 is 2.48 bits per heavy atom. The monoisotopic (exact) mass is 325 g/mol. The first-order chi connectivity index (χ1) is 10.1. The SMILES string of the molecule is COCCOc1ccccc1C(N)c1cccc(Cl)c1Cl. The van der Waals surface area contributed by atoms with E-state index in [1.165, 1.54) is 0 Å². The van der Waals surface area contributed by atoms with Crippen LogP contribution in [-0.4, -0.2) is 20.3 Å². The zero-order valence-corrected chi connectivity index (χ0v) is 13.2. The molecule has 5 heteroatoms. The molecule has 0 saturated heterocycles. The molecule has 0 fully saturated rings. The van der Waals surface area contributed by atoms with Gasteiger partial charge >= 0.3 is 0 Å². The van der Waals surface area contributed by atoms with E-state index in [-0.39, 0.29) is 0 Å². The number of hydrogen-bond donors (Lipinski definition) is 1. The molecule has 21 heavy (non-hydrogen) atoms. The second-order valence-corrected chi connectivity index (χ2v) is 5.28. The fraction of sp³-hybridized carbons (Fsp3) is 0.250. The van der Waals surface area contributed by atoms with Crippen molar-refractivity contribution < 1.29 is 9.47 Å². The molecule has 0 amide bonds. The van der Waals surface area contributed by atoms with Gasteiger partial charge in [-0.3, -0.25) is 0 Å². The molecular weight excluding hydrogens is 309 g/mol. The first kappa shape index (κ1) is 16.1. The van der Waals surface area contributed by atoms with Gasteiger partial charge in [0.15, 0.2) is 0 Å². The highest BCUT2D eigenvalue weighted by molar-refractivity contribution is 6.42. The summed E-state index contributed by atoms with van der Waals surface area (Å²) in [7, 11) is 1.63. The topological polar surface area (TPSA) is 44.5 Å². The molecule has 112 valence electrons. The lowest BCUT2D eigenvalue weighted by molar-refractivity contribution is 0.145.